The summed E-state index contributed by atoms with van der Waals surface area (Å²) in [7, 11) is 1.41. The van der Waals surface area contributed by atoms with Crippen LogP contribution in [0.1, 0.15) is 26.3 Å². The predicted octanol–water partition coefficient (Wildman–Crippen LogP) is 4.91. The van der Waals surface area contributed by atoms with E-state index in [1.165, 1.54) is 31.5 Å². The number of para-hydroxylation sites is 1. The van der Waals surface area contributed by atoms with Crippen molar-refractivity contribution in [2.24, 2.45) is 5.10 Å². The molecule has 10 nitrogen and oxygen atoms in total. The number of esters is 1. The fourth-order valence-electron chi connectivity index (χ4n) is 3.50. The molecule has 0 radical (unpaired) electrons. The second kappa shape index (κ2) is 13.5. The van der Waals surface area contributed by atoms with E-state index in [0.29, 0.717) is 21.8 Å². The highest BCUT2D eigenvalue weighted by molar-refractivity contribution is 6.40. The molecular formula is C30H23ClN4O6. The van der Waals surface area contributed by atoms with Crippen LogP contribution < -0.4 is 25.5 Å². The number of rotatable bonds is 8. The number of ether oxygens (including phenoxy) is 2. The smallest absolute Gasteiger partial charge is 0.343 e. The van der Waals surface area contributed by atoms with Crippen LogP contribution in [-0.2, 0) is 9.59 Å². The van der Waals surface area contributed by atoms with Crippen molar-refractivity contribution in [3.8, 4) is 11.5 Å². The zero-order valence-electron chi connectivity index (χ0n) is 21.6. The summed E-state index contributed by atoms with van der Waals surface area (Å²) in [4.78, 5) is 49.9. The average molecular weight is 571 g/mol. The lowest BCUT2D eigenvalue weighted by Crippen LogP contribution is -2.33. The van der Waals surface area contributed by atoms with Crippen LogP contribution in [0.15, 0.2) is 102 Å². The molecule has 0 spiro atoms. The average Bonchev–Trinajstić information content (AvgIpc) is 2.99. The normalized spacial score (nSPS) is 10.5. The van der Waals surface area contributed by atoms with Gasteiger partial charge in [0.2, 0.25) is 0 Å². The summed E-state index contributed by atoms with van der Waals surface area (Å²) < 4.78 is 10.7. The first-order valence-corrected chi connectivity index (χ1v) is 12.5. The first-order valence-electron chi connectivity index (χ1n) is 12.1. The van der Waals surface area contributed by atoms with Gasteiger partial charge >= 0.3 is 17.8 Å². The van der Waals surface area contributed by atoms with Gasteiger partial charge in [-0.2, -0.15) is 5.10 Å². The quantitative estimate of drug-likeness (QED) is 0.0905. The van der Waals surface area contributed by atoms with E-state index >= 15 is 0 Å². The predicted molar refractivity (Wildman–Crippen MR) is 155 cm³/mol. The standard InChI is InChI=1S/C30H23ClN4O6/c1-40-26-17-19(11-16-25(26)41-30(39)20-7-3-2-4-8-20)18-32-35-29(38)28(37)34-24-10-6-5-9-23(24)27(36)33-22-14-12-21(31)13-15-22/h2-18H,1H3,(H,33,36)(H,34,37)(H,35,38)/b32-18+. The minimum Gasteiger partial charge on any atom is -0.493 e. The van der Waals surface area contributed by atoms with Crippen LogP contribution in [0, 0.1) is 0 Å². The van der Waals surface area contributed by atoms with Gasteiger partial charge in [0.05, 0.1) is 30.1 Å². The van der Waals surface area contributed by atoms with Crippen molar-refractivity contribution in [1.29, 1.82) is 0 Å². The SMILES string of the molecule is COc1cc(/C=N/NC(=O)C(=O)Nc2ccccc2C(=O)Nc2ccc(Cl)cc2)ccc1OC(=O)c1ccccc1. The molecule has 41 heavy (non-hydrogen) atoms. The lowest BCUT2D eigenvalue weighted by molar-refractivity contribution is -0.136. The number of hydrazone groups is 1. The Morgan fingerprint density at radius 1 is 0.780 bits per heavy atom. The van der Waals surface area contributed by atoms with Gasteiger partial charge in [0.1, 0.15) is 0 Å². The summed E-state index contributed by atoms with van der Waals surface area (Å²) in [6, 6.07) is 25.9. The number of anilines is 2. The van der Waals surface area contributed by atoms with Crippen molar-refractivity contribution in [2.45, 2.75) is 0 Å². The second-order valence-electron chi connectivity index (χ2n) is 8.33. The van der Waals surface area contributed by atoms with Gasteiger partial charge in [-0.05, 0) is 72.3 Å². The highest BCUT2D eigenvalue weighted by Gasteiger charge is 2.18. The number of hydrogen-bond acceptors (Lipinski definition) is 7. The highest BCUT2D eigenvalue weighted by Crippen LogP contribution is 2.28. The molecule has 3 amide bonds. The van der Waals surface area contributed by atoms with Crippen LogP contribution in [0.3, 0.4) is 0 Å². The number of benzene rings is 4. The summed E-state index contributed by atoms with van der Waals surface area (Å²) in [5, 5.41) is 9.44. The van der Waals surface area contributed by atoms with E-state index in [4.69, 9.17) is 21.1 Å². The number of nitrogens with one attached hydrogen (secondary N) is 3. The molecule has 3 N–H and O–H groups in total. The molecule has 0 fully saturated rings. The molecule has 0 saturated heterocycles. The largest absolute Gasteiger partial charge is 0.493 e. The molecule has 0 aliphatic carbocycles. The molecule has 0 aromatic heterocycles. The first-order chi connectivity index (χ1) is 19.8. The van der Waals surface area contributed by atoms with Gasteiger partial charge in [-0.1, -0.05) is 41.9 Å². The molecule has 0 aliphatic rings. The Kier molecular flexibility index (Phi) is 9.42. The fraction of sp³-hybridized carbons (Fsp3) is 0.0333. The summed E-state index contributed by atoms with van der Waals surface area (Å²) in [6.45, 7) is 0. The van der Waals surface area contributed by atoms with E-state index in [0.717, 1.165) is 0 Å². The van der Waals surface area contributed by atoms with E-state index in [2.05, 4.69) is 21.2 Å². The van der Waals surface area contributed by atoms with Crippen molar-refractivity contribution in [1.82, 2.24) is 5.43 Å². The highest BCUT2D eigenvalue weighted by atomic mass is 35.5. The number of amides is 3. The zero-order chi connectivity index (χ0) is 29.2. The minimum atomic E-state index is -1.06. The number of carbonyl (C=O) groups excluding carboxylic acids is 4. The zero-order valence-corrected chi connectivity index (χ0v) is 22.3. The third-order valence-corrected chi connectivity index (χ3v) is 5.76. The molecule has 0 bridgehead atoms. The van der Waals surface area contributed by atoms with Gasteiger partial charge in [-0.15, -0.1) is 0 Å². The van der Waals surface area contributed by atoms with Crippen LogP contribution in [-0.4, -0.2) is 37.0 Å². The number of halogens is 1. The fourth-order valence-corrected chi connectivity index (χ4v) is 3.62. The Morgan fingerprint density at radius 3 is 2.22 bits per heavy atom. The van der Waals surface area contributed by atoms with E-state index < -0.39 is 23.7 Å². The molecule has 0 heterocycles. The molecule has 11 heteroatoms. The van der Waals surface area contributed by atoms with Crippen molar-refractivity contribution in [3.63, 3.8) is 0 Å². The summed E-state index contributed by atoms with van der Waals surface area (Å²) >= 11 is 5.87. The maximum absolute atomic E-state index is 12.8. The van der Waals surface area contributed by atoms with Gasteiger partial charge in [0.15, 0.2) is 11.5 Å². The Bertz CT molecular complexity index is 1610. The molecule has 4 rings (SSSR count). The number of hydrogen-bond donors (Lipinski definition) is 3. The van der Waals surface area contributed by atoms with Crippen LogP contribution in [0.4, 0.5) is 11.4 Å². The monoisotopic (exact) mass is 570 g/mol. The molecule has 4 aromatic rings. The first kappa shape index (κ1) is 28.5. The van der Waals surface area contributed by atoms with Crippen molar-refractivity contribution in [2.75, 3.05) is 17.7 Å². The molecule has 0 aliphatic heterocycles. The maximum Gasteiger partial charge on any atom is 0.343 e. The molecule has 0 unspecified atom stereocenters. The molecule has 0 saturated carbocycles. The summed E-state index contributed by atoms with van der Waals surface area (Å²) in [5.41, 5.74) is 3.79. The van der Waals surface area contributed by atoms with E-state index in [1.807, 2.05) is 0 Å². The van der Waals surface area contributed by atoms with Crippen LogP contribution in [0.5, 0.6) is 11.5 Å². The van der Waals surface area contributed by atoms with Crippen molar-refractivity contribution < 1.29 is 28.7 Å². The lowest BCUT2D eigenvalue weighted by Gasteiger charge is -2.11. The molecule has 4 aromatic carbocycles. The van der Waals surface area contributed by atoms with E-state index in [-0.39, 0.29) is 22.7 Å². The lowest BCUT2D eigenvalue weighted by atomic mass is 10.1. The van der Waals surface area contributed by atoms with E-state index in [9.17, 15) is 19.2 Å². The summed E-state index contributed by atoms with van der Waals surface area (Å²) in [5.74, 6) is -2.68. The van der Waals surface area contributed by atoms with Gasteiger partial charge in [0, 0.05) is 10.7 Å². The van der Waals surface area contributed by atoms with Gasteiger partial charge in [-0.25, -0.2) is 10.2 Å². The van der Waals surface area contributed by atoms with Gasteiger partial charge in [-0.3, -0.25) is 14.4 Å². The molecule has 206 valence electrons. The summed E-state index contributed by atoms with van der Waals surface area (Å²) in [6.07, 6.45) is 1.28. The van der Waals surface area contributed by atoms with E-state index in [1.54, 1.807) is 78.9 Å². The Morgan fingerprint density at radius 2 is 1.49 bits per heavy atom. The van der Waals surface area contributed by atoms with Crippen LogP contribution in [0.25, 0.3) is 0 Å². The Balaban J connectivity index is 1.35. The van der Waals surface area contributed by atoms with Crippen LogP contribution >= 0.6 is 11.6 Å². The van der Waals surface area contributed by atoms with Crippen molar-refractivity contribution in [3.05, 3.63) is 119 Å². The van der Waals surface area contributed by atoms with Crippen molar-refractivity contribution >= 4 is 52.9 Å². The third-order valence-electron chi connectivity index (χ3n) is 5.51. The van der Waals surface area contributed by atoms with Gasteiger partial charge < -0.3 is 20.1 Å². The number of nitrogens with zero attached hydrogens (tertiary/aromatic N) is 1. The van der Waals surface area contributed by atoms with Gasteiger partial charge in [0.25, 0.3) is 5.91 Å². The maximum atomic E-state index is 12.8. The number of methoxy groups -OCH3 is 1. The third kappa shape index (κ3) is 7.78. The topological polar surface area (TPSA) is 135 Å². The van der Waals surface area contributed by atoms with Crippen LogP contribution in [0.2, 0.25) is 5.02 Å². The molecule has 0 atom stereocenters. The second-order valence-corrected chi connectivity index (χ2v) is 8.76. The number of carbonyl (C=O) groups is 4. The Labute approximate surface area is 239 Å². The Hall–Kier alpha value is -5.48. The minimum absolute atomic E-state index is 0.133. The molecular weight excluding hydrogens is 548 g/mol.